The zero-order chi connectivity index (χ0) is 17.1. The molecule has 0 saturated carbocycles. The van der Waals surface area contributed by atoms with Gasteiger partial charge in [-0.25, -0.2) is 4.98 Å². The number of carbonyl (C=O) groups excluding carboxylic acids is 2. The van der Waals surface area contributed by atoms with E-state index in [9.17, 15) is 9.59 Å². The Morgan fingerprint density at radius 3 is 2.75 bits per heavy atom. The summed E-state index contributed by atoms with van der Waals surface area (Å²) >= 11 is 0. The predicted octanol–water partition coefficient (Wildman–Crippen LogP) is 2.08. The standard InChI is InChI=1S/C18H24N4O2/c1-13-7-6-12-22-16(14(2)20-17(13)22)18(24)19-9-5-8-15(23)21-10-3-4-11-21/h6-7,12H,3-5,8-11H2,1-2H3,(H,19,24). The number of aryl methyl sites for hydroxylation is 2. The van der Waals surface area contributed by atoms with Crippen molar-refractivity contribution in [1.29, 1.82) is 0 Å². The first-order chi connectivity index (χ1) is 11.6. The minimum atomic E-state index is -0.140. The molecule has 2 aromatic heterocycles. The summed E-state index contributed by atoms with van der Waals surface area (Å²) in [5.74, 6) is 0.0579. The lowest BCUT2D eigenvalue weighted by Gasteiger charge is -2.15. The van der Waals surface area contributed by atoms with E-state index in [-0.39, 0.29) is 11.8 Å². The Kier molecular flexibility index (Phi) is 4.83. The van der Waals surface area contributed by atoms with Crippen LogP contribution in [-0.2, 0) is 4.79 Å². The first kappa shape index (κ1) is 16.5. The summed E-state index contributed by atoms with van der Waals surface area (Å²) in [6, 6.07) is 3.89. The van der Waals surface area contributed by atoms with Crippen LogP contribution in [0.5, 0.6) is 0 Å². The summed E-state index contributed by atoms with van der Waals surface area (Å²) in [7, 11) is 0. The molecule has 0 bridgehead atoms. The molecule has 2 aromatic rings. The number of hydrogen-bond donors (Lipinski definition) is 1. The molecule has 0 atom stereocenters. The summed E-state index contributed by atoms with van der Waals surface area (Å²) in [5.41, 5.74) is 3.13. The minimum Gasteiger partial charge on any atom is -0.351 e. The molecule has 1 fully saturated rings. The first-order valence-corrected chi connectivity index (χ1v) is 8.58. The molecule has 6 nitrogen and oxygen atoms in total. The fraction of sp³-hybridized carbons (Fsp3) is 0.500. The zero-order valence-electron chi connectivity index (χ0n) is 14.3. The van der Waals surface area contributed by atoms with Crippen molar-refractivity contribution in [3.8, 4) is 0 Å². The van der Waals surface area contributed by atoms with E-state index in [0.717, 1.165) is 42.8 Å². The van der Waals surface area contributed by atoms with Crippen LogP contribution in [0.1, 0.15) is 47.4 Å². The van der Waals surface area contributed by atoms with Crippen molar-refractivity contribution in [3.63, 3.8) is 0 Å². The van der Waals surface area contributed by atoms with Crippen molar-refractivity contribution in [2.24, 2.45) is 0 Å². The number of aromatic nitrogens is 2. The number of hydrogen-bond acceptors (Lipinski definition) is 3. The van der Waals surface area contributed by atoms with Gasteiger partial charge < -0.3 is 10.2 Å². The fourth-order valence-electron chi connectivity index (χ4n) is 3.24. The maximum absolute atomic E-state index is 12.5. The molecule has 0 aromatic carbocycles. The van der Waals surface area contributed by atoms with Gasteiger partial charge in [0.2, 0.25) is 5.91 Å². The number of carbonyl (C=O) groups is 2. The largest absolute Gasteiger partial charge is 0.351 e. The molecule has 0 aliphatic carbocycles. The van der Waals surface area contributed by atoms with E-state index in [1.807, 2.05) is 41.5 Å². The second-order valence-electron chi connectivity index (χ2n) is 6.38. The molecule has 0 spiro atoms. The van der Waals surface area contributed by atoms with E-state index in [1.54, 1.807) is 0 Å². The van der Waals surface area contributed by atoms with Crippen molar-refractivity contribution in [2.75, 3.05) is 19.6 Å². The molecule has 3 rings (SSSR count). The Labute approximate surface area is 141 Å². The van der Waals surface area contributed by atoms with Crippen LogP contribution in [-0.4, -0.2) is 45.7 Å². The van der Waals surface area contributed by atoms with E-state index in [2.05, 4.69) is 10.3 Å². The van der Waals surface area contributed by atoms with Crippen molar-refractivity contribution < 1.29 is 9.59 Å². The van der Waals surface area contributed by atoms with Gasteiger partial charge in [-0.2, -0.15) is 0 Å². The van der Waals surface area contributed by atoms with E-state index >= 15 is 0 Å². The SMILES string of the molecule is Cc1nc2c(C)cccn2c1C(=O)NCCCC(=O)N1CCCC1. The minimum absolute atomic E-state index is 0.140. The average molecular weight is 328 g/mol. The number of imidazole rings is 1. The number of likely N-dealkylation sites (tertiary alicyclic amines) is 1. The van der Waals surface area contributed by atoms with Gasteiger partial charge in [0, 0.05) is 32.3 Å². The molecule has 1 aliphatic rings. The topological polar surface area (TPSA) is 66.7 Å². The highest BCUT2D eigenvalue weighted by molar-refractivity contribution is 5.94. The second kappa shape index (κ2) is 7.03. The third-order valence-corrected chi connectivity index (χ3v) is 4.55. The van der Waals surface area contributed by atoms with Crippen molar-refractivity contribution in [2.45, 2.75) is 39.5 Å². The van der Waals surface area contributed by atoms with Crippen LogP contribution in [0, 0.1) is 13.8 Å². The van der Waals surface area contributed by atoms with Gasteiger partial charge >= 0.3 is 0 Å². The number of rotatable bonds is 5. The lowest BCUT2D eigenvalue weighted by atomic mass is 10.2. The molecule has 0 unspecified atom stereocenters. The molecule has 1 aliphatic heterocycles. The number of fused-ring (bicyclic) bond motifs is 1. The van der Waals surface area contributed by atoms with Gasteiger partial charge in [-0.15, -0.1) is 0 Å². The summed E-state index contributed by atoms with van der Waals surface area (Å²) in [6.07, 6.45) is 5.22. The van der Waals surface area contributed by atoms with Crippen LogP contribution in [0.4, 0.5) is 0 Å². The maximum atomic E-state index is 12.5. The summed E-state index contributed by atoms with van der Waals surface area (Å²) in [6.45, 7) is 6.08. The predicted molar refractivity (Wildman–Crippen MR) is 92.0 cm³/mol. The lowest BCUT2D eigenvalue weighted by Crippen LogP contribution is -2.30. The Hall–Kier alpha value is -2.37. The molecular weight excluding hydrogens is 304 g/mol. The lowest BCUT2D eigenvalue weighted by molar-refractivity contribution is -0.130. The zero-order valence-corrected chi connectivity index (χ0v) is 14.3. The Bertz CT molecular complexity index is 760. The smallest absolute Gasteiger partial charge is 0.270 e. The van der Waals surface area contributed by atoms with Crippen LogP contribution >= 0.6 is 0 Å². The van der Waals surface area contributed by atoms with Crippen LogP contribution in [0.15, 0.2) is 18.3 Å². The molecule has 1 N–H and O–H groups in total. The van der Waals surface area contributed by atoms with Crippen LogP contribution in [0.2, 0.25) is 0 Å². The highest BCUT2D eigenvalue weighted by atomic mass is 16.2. The van der Waals surface area contributed by atoms with Crippen LogP contribution in [0.25, 0.3) is 5.65 Å². The number of nitrogens with one attached hydrogen (secondary N) is 1. The van der Waals surface area contributed by atoms with Gasteiger partial charge in [0.05, 0.1) is 5.69 Å². The summed E-state index contributed by atoms with van der Waals surface area (Å²) < 4.78 is 1.83. The van der Waals surface area contributed by atoms with E-state index in [0.29, 0.717) is 25.1 Å². The van der Waals surface area contributed by atoms with Gasteiger partial charge in [0.25, 0.3) is 5.91 Å². The first-order valence-electron chi connectivity index (χ1n) is 8.58. The second-order valence-corrected chi connectivity index (χ2v) is 6.38. The quantitative estimate of drug-likeness (QED) is 0.855. The normalized spacial score (nSPS) is 14.3. The fourth-order valence-corrected chi connectivity index (χ4v) is 3.24. The summed E-state index contributed by atoms with van der Waals surface area (Å²) in [5, 5.41) is 2.91. The van der Waals surface area contributed by atoms with Gasteiger partial charge in [0.15, 0.2) is 0 Å². The van der Waals surface area contributed by atoms with Gasteiger partial charge in [-0.3, -0.25) is 14.0 Å². The number of pyridine rings is 1. The molecule has 1 saturated heterocycles. The van der Waals surface area contributed by atoms with Gasteiger partial charge in [-0.05, 0) is 44.7 Å². The summed E-state index contributed by atoms with van der Waals surface area (Å²) in [4.78, 5) is 30.9. The third-order valence-electron chi connectivity index (χ3n) is 4.55. The monoisotopic (exact) mass is 328 g/mol. The van der Waals surface area contributed by atoms with E-state index in [1.165, 1.54) is 0 Å². The van der Waals surface area contributed by atoms with Gasteiger partial charge in [-0.1, -0.05) is 6.07 Å². The maximum Gasteiger partial charge on any atom is 0.270 e. The van der Waals surface area contributed by atoms with Crippen molar-refractivity contribution >= 4 is 17.5 Å². The Balaban J connectivity index is 1.57. The molecule has 0 radical (unpaired) electrons. The van der Waals surface area contributed by atoms with E-state index < -0.39 is 0 Å². The van der Waals surface area contributed by atoms with Crippen LogP contribution < -0.4 is 5.32 Å². The average Bonchev–Trinajstić information content (AvgIpc) is 3.19. The molecule has 24 heavy (non-hydrogen) atoms. The molecule has 3 heterocycles. The number of amides is 2. The Morgan fingerprint density at radius 1 is 1.25 bits per heavy atom. The third kappa shape index (κ3) is 3.27. The molecule has 128 valence electrons. The van der Waals surface area contributed by atoms with Crippen molar-refractivity contribution in [1.82, 2.24) is 19.6 Å². The highest BCUT2D eigenvalue weighted by Crippen LogP contribution is 2.15. The van der Waals surface area contributed by atoms with Crippen molar-refractivity contribution in [3.05, 3.63) is 35.3 Å². The van der Waals surface area contributed by atoms with Crippen LogP contribution in [0.3, 0.4) is 0 Å². The molecule has 6 heteroatoms. The highest BCUT2D eigenvalue weighted by Gasteiger charge is 2.19. The molecule has 2 amide bonds. The van der Waals surface area contributed by atoms with Gasteiger partial charge in [0.1, 0.15) is 11.3 Å². The Morgan fingerprint density at radius 2 is 2.00 bits per heavy atom. The molecular formula is C18H24N4O2. The van der Waals surface area contributed by atoms with E-state index in [4.69, 9.17) is 0 Å². The number of nitrogens with zero attached hydrogens (tertiary/aromatic N) is 3.